The van der Waals surface area contributed by atoms with Gasteiger partial charge in [-0.1, -0.05) is 17.3 Å². The van der Waals surface area contributed by atoms with Crippen molar-refractivity contribution in [3.05, 3.63) is 62.2 Å². The van der Waals surface area contributed by atoms with E-state index in [1.54, 1.807) is 18.2 Å². The number of carbonyl (C=O) groups excluding carboxylic acids is 1. The zero-order valence-electron chi connectivity index (χ0n) is 12.7. The summed E-state index contributed by atoms with van der Waals surface area (Å²) < 4.78 is 0.833. The first-order valence-electron chi connectivity index (χ1n) is 7.42. The fraction of sp³-hybridized carbons (Fsp3) is 0.222. The predicted molar refractivity (Wildman–Crippen MR) is 96.9 cm³/mol. The summed E-state index contributed by atoms with van der Waals surface area (Å²) in [7, 11) is 0. The highest BCUT2D eigenvalue weighted by atomic mass is 127. The highest BCUT2D eigenvalue weighted by Crippen LogP contribution is 2.30. The fourth-order valence-electron chi connectivity index (χ4n) is 2.77. The SMILES string of the molecule is Cc1c(O)ccc2c1CCC/C2=N/OC(=O)c1ccccc1I. The summed E-state index contributed by atoms with van der Waals surface area (Å²) in [5.41, 5.74) is 4.19. The Labute approximate surface area is 148 Å². The van der Waals surface area contributed by atoms with Gasteiger partial charge in [0.1, 0.15) is 5.75 Å². The van der Waals surface area contributed by atoms with Crippen molar-refractivity contribution in [1.82, 2.24) is 0 Å². The molecule has 0 heterocycles. The van der Waals surface area contributed by atoms with Crippen LogP contribution in [0.25, 0.3) is 0 Å². The lowest BCUT2D eigenvalue weighted by molar-refractivity contribution is 0.0514. The molecule has 0 spiro atoms. The maximum absolute atomic E-state index is 12.2. The van der Waals surface area contributed by atoms with Crippen LogP contribution in [0.1, 0.15) is 39.9 Å². The quantitative estimate of drug-likeness (QED) is 0.449. The topological polar surface area (TPSA) is 58.9 Å². The van der Waals surface area contributed by atoms with Gasteiger partial charge in [0.25, 0.3) is 0 Å². The van der Waals surface area contributed by atoms with Crippen molar-refractivity contribution >= 4 is 34.3 Å². The summed E-state index contributed by atoms with van der Waals surface area (Å²) in [4.78, 5) is 17.3. The average Bonchev–Trinajstić information content (AvgIpc) is 2.56. The van der Waals surface area contributed by atoms with E-state index in [0.717, 1.165) is 45.2 Å². The van der Waals surface area contributed by atoms with Crippen molar-refractivity contribution in [3.63, 3.8) is 0 Å². The van der Waals surface area contributed by atoms with E-state index in [1.807, 2.05) is 25.1 Å². The molecule has 0 atom stereocenters. The van der Waals surface area contributed by atoms with Gasteiger partial charge in [-0.15, -0.1) is 0 Å². The van der Waals surface area contributed by atoms with Crippen LogP contribution < -0.4 is 0 Å². The summed E-state index contributed by atoms with van der Waals surface area (Å²) in [6.07, 6.45) is 2.59. The first kappa shape index (κ1) is 16.0. The molecule has 1 aliphatic rings. The van der Waals surface area contributed by atoms with Crippen molar-refractivity contribution in [3.8, 4) is 5.75 Å². The number of benzene rings is 2. The second-order valence-electron chi connectivity index (χ2n) is 5.49. The molecular formula is C18H16INO3. The van der Waals surface area contributed by atoms with Crippen LogP contribution in [-0.2, 0) is 11.3 Å². The van der Waals surface area contributed by atoms with Crippen molar-refractivity contribution < 1.29 is 14.7 Å². The lowest BCUT2D eigenvalue weighted by Crippen LogP contribution is -2.15. The first-order chi connectivity index (χ1) is 11.1. The van der Waals surface area contributed by atoms with Crippen molar-refractivity contribution in [2.24, 2.45) is 5.16 Å². The molecule has 0 amide bonds. The Kier molecular flexibility index (Phi) is 4.66. The molecule has 0 aliphatic heterocycles. The van der Waals surface area contributed by atoms with E-state index >= 15 is 0 Å². The number of phenols is 1. The highest BCUT2D eigenvalue weighted by Gasteiger charge is 2.20. The molecule has 0 aromatic heterocycles. The monoisotopic (exact) mass is 421 g/mol. The van der Waals surface area contributed by atoms with Crippen LogP contribution in [0.4, 0.5) is 0 Å². The van der Waals surface area contributed by atoms with Gasteiger partial charge in [-0.05, 0) is 84.2 Å². The Hall–Kier alpha value is -1.89. The standard InChI is InChI=1S/C18H16INO3/c1-11-12-6-4-8-16(13(12)9-10-17(11)21)20-23-18(22)14-5-2-3-7-15(14)19/h2-3,5,7,9-10,21H,4,6,8H2,1H3/b20-16-. The number of oxime groups is 1. The number of rotatable bonds is 2. The van der Waals surface area contributed by atoms with Crippen LogP contribution >= 0.6 is 22.6 Å². The van der Waals surface area contributed by atoms with Gasteiger partial charge in [0, 0.05) is 9.13 Å². The minimum atomic E-state index is -0.454. The Morgan fingerprint density at radius 2 is 2.00 bits per heavy atom. The second-order valence-corrected chi connectivity index (χ2v) is 6.65. The Morgan fingerprint density at radius 1 is 1.22 bits per heavy atom. The van der Waals surface area contributed by atoms with Crippen molar-refractivity contribution in [2.45, 2.75) is 26.2 Å². The number of fused-ring (bicyclic) bond motifs is 1. The van der Waals surface area contributed by atoms with Gasteiger partial charge >= 0.3 is 5.97 Å². The van der Waals surface area contributed by atoms with E-state index in [-0.39, 0.29) is 0 Å². The molecule has 1 N–H and O–H groups in total. The molecule has 118 valence electrons. The molecule has 0 radical (unpaired) electrons. The summed E-state index contributed by atoms with van der Waals surface area (Å²) in [5, 5.41) is 13.9. The minimum Gasteiger partial charge on any atom is -0.508 e. The van der Waals surface area contributed by atoms with E-state index in [0.29, 0.717) is 11.3 Å². The van der Waals surface area contributed by atoms with Crippen LogP contribution in [0.2, 0.25) is 0 Å². The van der Waals surface area contributed by atoms with E-state index in [1.165, 1.54) is 0 Å². The molecule has 1 aliphatic carbocycles. The highest BCUT2D eigenvalue weighted by molar-refractivity contribution is 14.1. The molecule has 5 heteroatoms. The molecule has 4 nitrogen and oxygen atoms in total. The van der Waals surface area contributed by atoms with E-state index < -0.39 is 5.97 Å². The normalized spacial score (nSPS) is 15.3. The Bertz CT molecular complexity index is 799. The molecule has 0 unspecified atom stereocenters. The number of nitrogens with zero attached hydrogens (tertiary/aromatic N) is 1. The summed E-state index contributed by atoms with van der Waals surface area (Å²) in [6.45, 7) is 1.90. The first-order valence-corrected chi connectivity index (χ1v) is 8.50. The molecule has 2 aromatic rings. The second kappa shape index (κ2) is 6.70. The van der Waals surface area contributed by atoms with Crippen LogP contribution in [-0.4, -0.2) is 16.8 Å². The molecule has 0 saturated heterocycles. The van der Waals surface area contributed by atoms with Crippen LogP contribution in [0, 0.1) is 10.5 Å². The fourth-order valence-corrected chi connectivity index (χ4v) is 3.38. The third-order valence-corrected chi connectivity index (χ3v) is 4.99. The van der Waals surface area contributed by atoms with Gasteiger partial charge in [-0.25, -0.2) is 4.79 Å². The number of aromatic hydroxyl groups is 1. The van der Waals surface area contributed by atoms with E-state index in [2.05, 4.69) is 27.7 Å². The van der Waals surface area contributed by atoms with Gasteiger partial charge < -0.3 is 9.94 Å². The molecular weight excluding hydrogens is 405 g/mol. The summed E-state index contributed by atoms with van der Waals surface area (Å²) in [5.74, 6) is -0.161. The maximum Gasteiger partial charge on any atom is 0.366 e. The number of halogens is 1. The molecule has 0 fully saturated rings. The maximum atomic E-state index is 12.2. The minimum absolute atomic E-state index is 0.292. The third kappa shape index (κ3) is 3.24. The van der Waals surface area contributed by atoms with Crippen LogP contribution in [0.5, 0.6) is 5.75 Å². The lowest BCUT2D eigenvalue weighted by atomic mass is 9.87. The zero-order valence-corrected chi connectivity index (χ0v) is 14.8. The molecule has 0 bridgehead atoms. The number of phenolic OH excluding ortho intramolecular Hbond substituents is 1. The average molecular weight is 421 g/mol. The molecule has 3 rings (SSSR count). The van der Waals surface area contributed by atoms with E-state index in [4.69, 9.17) is 4.84 Å². The predicted octanol–water partition coefficient (Wildman–Crippen LogP) is 4.20. The van der Waals surface area contributed by atoms with Gasteiger partial charge in [-0.3, -0.25) is 0 Å². The van der Waals surface area contributed by atoms with Gasteiger partial charge in [0.15, 0.2) is 0 Å². The van der Waals surface area contributed by atoms with Gasteiger partial charge in [-0.2, -0.15) is 0 Å². The molecule has 0 saturated carbocycles. The Balaban J connectivity index is 1.87. The zero-order chi connectivity index (χ0) is 16.4. The van der Waals surface area contributed by atoms with Crippen LogP contribution in [0.15, 0.2) is 41.6 Å². The third-order valence-electron chi connectivity index (χ3n) is 4.05. The van der Waals surface area contributed by atoms with E-state index in [9.17, 15) is 9.90 Å². The Morgan fingerprint density at radius 3 is 2.78 bits per heavy atom. The number of carbonyl (C=O) groups is 1. The van der Waals surface area contributed by atoms with Crippen LogP contribution in [0.3, 0.4) is 0 Å². The summed E-state index contributed by atoms with van der Waals surface area (Å²) >= 11 is 2.10. The van der Waals surface area contributed by atoms with Crippen molar-refractivity contribution in [1.29, 1.82) is 0 Å². The molecule has 23 heavy (non-hydrogen) atoms. The number of hydrogen-bond acceptors (Lipinski definition) is 4. The number of hydrogen-bond donors (Lipinski definition) is 1. The summed E-state index contributed by atoms with van der Waals surface area (Å²) in [6, 6.07) is 10.8. The largest absolute Gasteiger partial charge is 0.508 e. The lowest BCUT2D eigenvalue weighted by Gasteiger charge is -2.19. The smallest absolute Gasteiger partial charge is 0.366 e. The van der Waals surface area contributed by atoms with Gasteiger partial charge in [0.05, 0.1) is 11.3 Å². The molecule has 2 aromatic carbocycles. The van der Waals surface area contributed by atoms with Crippen molar-refractivity contribution in [2.75, 3.05) is 0 Å². The van der Waals surface area contributed by atoms with Gasteiger partial charge in [0.2, 0.25) is 0 Å².